The van der Waals surface area contributed by atoms with Gasteiger partial charge in [-0.15, -0.1) is 0 Å². The first-order chi connectivity index (χ1) is 12.0. The third kappa shape index (κ3) is 3.87. The molecule has 2 amide bonds. The summed E-state index contributed by atoms with van der Waals surface area (Å²) in [6.07, 6.45) is 1.53. The van der Waals surface area contributed by atoms with Gasteiger partial charge < -0.3 is 15.5 Å². The molecule has 0 aliphatic carbocycles. The zero-order valence-electron chi connectivity index (χ0n) is 15.2. The van der Waals surface area contributed by atoms with E-state index in [2.05, 4.69) is 12.1 Å². The first-order valence-electron chi connectivity index (χ1n) is 9.35. The van der Waals surface area contributed by atoms with Gasteiger partial charge in [0.15, 0.2) is 0 Å². The molecule has 0 bridgehead atoms. The molecule has 2 aliphatic heterocycles. The molecule has 5 nitrogen and oxygen atoms in total. The number of benzene rings is 1. The lowest BCUT2D eigenvalue weighted by atomic mass is 9.94. The molecule has 1 aromatic carbocycles. The van der Waals surface area contributed by atoms with Crippen LogP contribution in [0, 0.1) is 11.8 Å². The van der Waals surface area contributed by atoms with Gasteiger partial charge in [-0.2, -0.15) is 0 Å². The third-order valence-corrected chi connectivity index (χ3v) is 5.55. The highest BCUT2D eigenvalue weighted by molar-refractivity contribution is 5.81. The molecular formula is C20H29N3O2. The van der Waals surface area contributed by atoms with Crippen molar-refractivity contribution in [1.29, 1.82) is 0 Å². The molecule has 2 heterocycles. The van der Waals surface area contributed by atoms with Gasteiger partial charge in [0, 0.05) is 50.0 Å². The van der Waals surface area contributed by atoms with E-state index in [1.807, 2.05) is 41.8 Å². The van der Waals surface area contributed by atoms with Crippen molar-refractivity contribution in [3.8, 4) is 0 Å². The second-order valence-electron chi connectivity index (χ2n) is 7.68. The Kier molecular flexibility index (Phi) is 5.42. The Morgan fingerprint density at radius 3 is 2.28 bits per heavy atom. The van der Waals surface area contributed by atoms with Gasteiger partial charge in [-0.25, -0.2) is 0 Å². The molecule has 2 fully saturated rings. The number of piperidine rings is 1. The van der Waals surface area contributed by atoms with Crippen LogP contribution in [0.25, 0.3) is 0 Å². The molecule has 1 aromatic rings. The number of nitrogens with two attached hydrogens (primary N) is 1. The first kappa shape index (κ1) is 17.9. The molecule has 0 unspecified atom stereocenters. The van der Waals surface area contributed by atoms with Crippen LogP contribution in [-0.2, 0) is 9.59 Å². The van der Waals surface area contributed by atoms with Crippen molar-refractivity contribution >= 4 is 11.8 Å². The summed E-state index contributed by atoms with van der Waals surface area (Å²) >= 11 is 0. The highest BCUT2D eigenvalue weighted by atomic mass is 16.2. The van der Waals surface area contributed by atoms with Gasteiger partial charge in [0.05, 0.1) is 0 Å². The van der Waals surface area contributed by atoms with E-state index >= 15 is 0 Å². The minimum atomic E-state index is -0.00559. The third-order valence-electron chi connectivity index (χ3n) is 5.55. The molecule has 2 aliphatic rings. The first-order valence-corrected chi connectivity index (χ1v) is 9.35. The van der Waals surface area contributed by atoms with Crippen LogP contribution in [0.3, 0.4) is 0 Å². The van der Waals surface area contributed by atoms with Gasteiger partial charge in [-0.3, -0.25) is 9.59 Å². The van der Waals surface area contributed by atoms with E-state index in [9.17, 15) is 9.59 Å². The van der Waals surface area contributed by atoms with Gasteiger partial charge >= 0.3 is 0 Å². The fraction of sp³-hybridized carbons (Fsp3) is 0.600. The summed E-state index contributed by atoms with van der Waals surface area (Å²) in [6, 6.07) is 10.2. The molecule has 0 radical (unpaired) electrons. The fourth-order valence-corrected chi connectivity index (χ4v) is 4.03. The Morgan fingerprint density at radius 2 is 1.68 bits per heavy atom. The van der Waals surface area contributed by atoms with Crippen LogP contribution in [0.1, 0.15) is 38.2 Å². The highest BCUT2D eigenvalue weighted by Gasteiger charge is 2.37. The molecule has 0 saturated carbocycles. The van der Waals surface area contributed by atoms with Crippen LogP contribution in [0.5, 0.6) is 0 Å². The molecule has 3 rings (SSSR count). The van der Waals surface area contributed by atoms with Gasteiger partial charge in [0.1, 0.15) is 0 Å². The number of carbonyl (C=O) groups excluding carboxylic acids is 2. The summed E-state index contributed by atoms with van der Waals surface area (Å²) in [4.78, 5) is 28.8. The van der Waals surface area contributed by atoms with Crippen LogP contribution in [0.2, 0.25) is 0 Å². The topological polar surface area (TPSA) is 66.6 Å². The van der Waals surface area contributed by atoms with E-state index in [1.165, 1.54) is 5.56 Å². The second-order valence-corrected chi connectivity index (χ2v) is 7.68. The van der Waals surface area contributed by atoms with Crippen molar-refractivity contribution < 1.29 is 9.59 Å². The maximum Gasteiger partial charge on any atom is 0.225 e. The molecule has 2 N–H and O–H groups in total. The molecular weight excluding hydrogens is 314 g/mol. The van der Waals surface area contributed by atoms with E-state index in [4.69, 9.17) is 5.73 Å². The number of carbonyl (C=O) groups is 2. The number of hydrogen-bond donors (Lipinski definition) is 1. The van der Waals surface area contributed by atoms with Crippen molar-refractivity contribution in [1.82, 2.24) is 9.80 Å². The molecule has 25 heavy (non-hydrogen) atoms. The van der Waals surface area contributed by atoms with Gasteiger partial charge in [0.2, 0.25) is 11.8 Å². The van der Waals surface area contributed by atoms with Crippen molar-refractivity contribution in [3.05, 3.63) is 35.9 Å². The summed E-state index contributed by atoms with van der Waals surface area (Å²) in [5.74, 6) is 0.671. The van der Waals surface area contributed by atoms with E-state index in [0.29, 0.717) is 26.2 Å². The van der Waals surface area contributed by atoms with Crippen LogP contribution in [0.15, 0.2) is 30.3 Å². The van der Waals surface area contributed by atoms with Crippen LogP contribution in [-0.4, -0.2) is 53.8 Å². The minimum absolute atomic E-state index is 0.00559. The predicted molar refractivity (Wildman–Crippen MR) is 97.9 cm³/mol. The second kappa shape index (κ2) is 7.56. The summed E-state index contributed by atoms with van der Waals surface area (Å²) in [5, 5.41) is 0. The summed E-state index contributed by atoms with van der Waals surface area (Å²) in [6.45, 7) is 6.56. The van der Waals surface area contributed by atoms with Crippen molar-refractivity contribution in [2.45, 2.75) is 38.6 Å². The van der Waals surface area contributed by atoms with Gasteiger partial charge in [0.25, 0.3) is 0 Å². The Balaban J connectivity index is 1.57. The standard InChI is InChI=1S/C20H29N3O2/c1-14(2)19(24)22-10-8-16(9-11-22)20(25)23-12-17(18(21)13-23)15-6-4-3-5-7-15/h3-7,14,16-18H,8-13,21H2,1-2H3/t17-,18+/m0/s1. The van der Waals surface area contributed by atoms with Crippen LogP contribution < -0.4 is 5.73 Å². The molecule has 136 valence electrons. The number of rotatable bonds is 3. The maximum atomic E-state index is 12.9. The maximum absolute atomic E-state index is 12.9. The highest BCUT2D eigenvalue weighted by Crippen LogP contribution is 2.29. The Hall–Kier alpha value is -1.88. The van der Waals surface area contributed by atoms with E-state index in [1.54, 1.807) is 0 Å². The average Bonchev–Trinajstić information content (AvgIpc) is 3.03. The van der Waals surface area contributed by atoms with Crippen LogP contribution >= 0.6 is 0 Å². The number of amides is 2. The van der Waals surface area contributed by atoms with Gasteiger partial charge in [-0.05, 0) is 18.4 Å². The van der Waals surface area contributed by atoms with E-state index in [-0.39, 0.29) is 35.6 Å². The van der Waals surface area contributed by atoms with Crippen LogP contribution in [0.4, 0.5) is 0 Å². The SMILES string of the molecule is CC(C)C(=O)N1CCC(C(=O)N2C[C@@H](N)[C@H](c3ccccc3)C2)CC1. The lowest BCUT2D eigenvalue weighted by Gasteiger charge is -2.34. The van der Waals surface area contributed by atoms with Crippen molar-refractivity contribution in [2.75, 3.05) is 26.2 Å². The van der Waals surface area contributed by atoms with Crippen molar-refractivity contribution in [2.24, 2.45) is 17.6 Å². The van der Waals surface area contributed by atoms with Gasteiger partial charge in [-0.1, -0.05) is 44.2 Å². The summed E-state index contributed by atoms with van der Waals surface area (Å²) in [5.41, 5.74) is 7.53. The lowest BCUT2D eigenvalue weighted by Crippen LogP contribution is -2.45. The molecule has 0 aromatic heterocycles. The Bertz CT molecular complexity index is 609. The summed E-state index contributed by atoms with van der Waals surface area (Å²) in [7, 11) is 0. The monoisotopic (exact) mass is 343 g/mol. The minimum Gasteiger partial charge on any atom is -0.342 e. The number of nitrogens with zero attached hydrogens (tertiary/aromatic N) is 2. The quantitative estimate of drug-likeness (QED) is 0.910. The molecule has 5 heteroatoms. The zero-order chi connectivity index (χ0) is 18.0. The normalized spacial score (nSPS) is 24.8. The fourth-order valence-electron chi connectivity index (χ4n) is 4.03. The largest absolute Gasteiger partial charge is 0.342 e. The molecule has 2 saturated heterocycles. The summed E-state index contributed by atoms with van der Waals surface area (Å²) < 4.78 is 0. The predicted octanol–water partition coefficient (Wildman–Crippen LogP) is 1.83. The van der Waals surface area contributed by atoms with E-state index < -0.39 is 0 Å². The smallest absolute Gasteiger partial charge is 0.225 e. The Labute approximate surface area is 150 Å². The van der Waals surface area contributed by atoms with Crippen molar-refractivity contribution in [3.63, 3.8) is 0 Å². The lowest BCUT2D eigenvalue weighted by molar-refractivity contribution is -0.141. The number of hydrogen-bond acceptors (Lipinski definition) is 3. The number of likely N-dealkylation sites (tertiary alicyclic amines) is 2. The molecule has 0 spiro atoms. The molecule has 2 atom stereocenters. The zero-order valence-corrected chi connectivity index (χ0v) is 15.2. The Morgan fingerprint density at radius 1 is 1.04 bits per heavy atom. The van der Waals surface area contributed by atoms with E-state index in [0.717, 1.165) is 12.8 Å². The average molecular weight is 343 g/mol.